The second-order valence-electron chi connectivity index (χ2n) is 6.51. The Morgan fingerprint density at radius 2 is 1.83 bits per heavy atom. The number of hydrogen-bond acceptors (Lipinski definition) is 5. The Morgan fingerprint density at radius 1 is 1.10 bits per heavy atom. The molecule has 6 heteroatoms. The number of hydrogen-bond donors (Lipinski definition) is 0. The van der Waals surface area contributed by atoms with Crippen LogP contribution in [-0.2, 0) is 9.53 Å². The lowest BCUT2D eigenvalue weighted by atomic mass is 9.99. The van der Waals surface area contributed by atoms with Crippen molar-refractivity contribution in [2.75, 3.05) is 18.1 Å². The molecule has 4 rings (SSSR count). The number of carbonyl (C=O) groups is 1. The van der Waals surface area contributed by atoms with Gasteiger partial charge in [0.1, 0.15) is 5.82 Å². The minimum absolute atomic E-state index is 0.293. The largest absolute Gasteiger partial charge is 0.462 e. The molecule has 0 atom stereocenters. The maximum Gasteiger partial charge on any atom is 0.340 e. The number of rotatable bonds is 4. The van der Waals surface area contributed by atoms with Crippen molar-refractivity contribution in [3.8, 4) is 11.3 Å². The van der Waals surface area contributed by atoms with Crippen molar-refractivity contribution in [2.24, 2.45) is 0 Å². The summed E-state index contributed by atoms with van der Waals surface area (Å²) in [5.41, 5.74) is 3.70. The van der Waals surface area contributed by atoms with Crippen molar-refractivity contribution < 1.29 is 13.9 Å². The van der Waals surface area contributed by atoms with Crippen molar-refractivity contribution >= 4 is 46.0 Å². The van der Waals surface area contributed by atoms with Crippen LogP contribution in [0.5, 0.6) is 0 Å². The van der Waals surface area contributed by atoms with Gasteiger partial charge in [0.2, 0.25) is 0 Å². The maximum absolute atomic E-state index is 13.4. The third-order valence-electron chi connectivity index (χ3n) is 4.56. The van der Waals surface area contributed by atoms with Crippen LogP contribution in [0, 0.1) is 5.82 Å². The summed E-state index contributed by atoms with van der Waals surface area (Å²) in [6.07, 6.45) is 1.12. The zero-order valence-corrected chi connectivity index (χ0v) is 17.6. The number of pyridine rings is 1. The minimum Gasteiger partial charge on any atom is -0.462 e. The third kappa shape index (κ3) is 4.33. The van der Waals surface area contributed by atoms with Gasteiger partial charge < -0.3 is 4.74 Å². The molecule has 29 heavy (non-hydrogen) atoms. The van der Waals surface area contributed by atoms with E-state index in [-0.39, 0.29) is 11.8 Å². The van der Waals surface area contributed by atoms with Crippen LogP contribution in [-0.4, -0.2) is 29.1 Å². The Kier molecular flexibility index (Phi) is 6.21. The molecule has 1 aromatic heterocycles. The summed E-state index contributed by atoms with van der Waals surface area (Å²) in [4.78, 5) is 17.8. The number of para-hydroxylation sites is 1. The molecule has 1 saturated heterocycles. The normalized spacial score (nSPS) is 14.1. The van der Waals surface area contributed by atoms with E-state index in [0.29, 0.717) is 17.9 Å². The Hall–Kier alpha value is -2.31. The fourth-order valence-electron chi connectivity index (χ4n) is 3.23. The van der Waals surface area contributed by atoms with E-state index in [1.807, 2.05) is 37.3 Å². The molecule has 0 amide bonds. The number of nitrogens with zero attached hydrogens (tertiary/aromatic N) is 1. The monoisotopic (exact) mass is 425 g/mol. The number of benzene rings is 2. The highest BCUT2D eigenvalue weighted by molar-refractivity contribution is 8.23. The maximum atomic E-state index is 13.4. The van der Waals surface area contributed by atoms with Crippen LogP contribution in [0.15, 0.2) is 58.8 Å². The number of carbonyl (C=O) groups excluding carboxylic acids is 1. The van der Waals surface area contributed by atoms with Gasteiger partial charge in [0, 0.05) is 16.5 Å². The Morgan fingerprint density at radius 3 is 2.55 bits per heavy atom. The van der Waals surface area contributed by atoms with Gasteiger partial charge in [-0.1, -0.05) is 18.2 Å². The van der Waals surface area contributed by atoms with E-state index < -0.39 is 0 Å². The topological polar surface area (TPSA) is 39.2 Å². The summed E-state index contributed by atoms with van der Waals surface area (Å²) in [5, 5.41) is 0.903. The number of ether oxygens (including phenoxy) is 1. The van der Waals surface area contributed by atoms with Crippen molar-refractivity contribution in [1.29, 1.82) is 0 Å². The zero-order valence-electron chi connectivity index (χ0n) is 16.0. The summed E-state index contributed by atoms with van der Waals surface area (Å²) in [6, 6.07) is 15.9. The van der Waals surface area contributed by atoms with Gasteiger partial charge in [-0.25, -0.2) is 14.2 Å². The fourth-order valence-corrected chi connectivity index (χ4v) is 5.87. The average molecular weight is 426 g/mol. The van der Waals surface area contributed by atoms with E-state index >= 15 is 0 Å². The molecular formula is C23H20FNO2S2. The number of esters is 1. The Bertz CT molecular complexity index is 1070. The highest BCUT2D eigenvalue weighted by Crippen LogP contribution is 2.42. The molecule has 0 spiro atoms. The molecule has 148 valence electrons. The molecule has 0 N–H and O–H groups in total. The number of aromatic nitrogens is 1. The molecule has 0 aliphatic carbocycles. The molecule has 0 radical (unpaired) electrons. The quantitative estimate of drug-likeness (QED) is 0.371. The van der Waals surface area contributed by atoms with Crippen molar-refractivity contribution in [2.45, 2.75) is 13.3 Å². The van der Waals surface area contributed by atoms with E-state index in [1.54, 1.807) is 35.7 Å². The second kappa shape index (κ2) is 9.01. The molecular weight excluding hydrogens is 405 g/mol. The van der Waals surface area contributed by atoms with Gasteiger partial charge in [0.15, 0.2) is 0 Å². The summed E-state index contributed by atoms with van der Waals surface area (Å²) in [6.45, 7) is 2.13. The number of halogens is 1. The first-order valence-electron chi connectivity index (χ1n) is 9.50. The predicted molar refractivity (Wildman–Crippen MR) is 120 cm³/mol. The molecule has 1 fully saturated rings. The van der Waals surface area contributed by atoms with Gasteiger partial charge in [0.05, 0.1) is 27.6 Å². The molecule has 2 heterocycles. The van der Waals surface area contributed by atoms with Gasteiger partial charge >= 0.3 is 5.97 Å². The van der Waals surface area contributed by atoms with Crippen molar-refractivity contribution in [1.82, 2.24) is 4.98 Å². The molecule has 1 aliphatic heterocycles. The number of fused-ring (bicyclic) bond motifs is 1. The van der Waals surface area contributed by atoms with E-state index in [0.717, 1.165) is 44.2 Å². The molecule has 1 aliphatic rings. The average Bonchev–Trinajstić information content (AvgIpc) is 2.75. The van der Waals surface area contributed by atoms with Crippen LogP contribution in [0.4, 0.5) is 4.39 Å². The van der Waals surface area contributed by atoms with Gasteiger partial charge in [-0.05, 0) is 61.2 Å². The molecule has 2 aromatic carbocycles. The molecule has 0 unspecified atom stereocenters. The van der Waals surface area contributed by atoms with Crippen LogP contribution in [0.3, 0.4) is 0 Å². The van der Waals surface area contributed by atoms with Crippen LogP contribution in [0.1, 0.15) is 18.9 Å². The van der Waals surface area contributed by atoms with E-state index in [1.165, 1.54) is 12.1 Å². The van der Waals surface area contributed by atoms with Crippen molar-refractivity contribution in [3.05, 3.63) is 70.2 Å². The Labute approximate surface area is 177 Å². The summed E-state index contributed by atoms with van der Waals surface area (Å²) >= 11 is 3.41. The highest BCUT2D eigenvalue weighted by atomic mass is 32.2. The van der Waals surface area contributed by atoms with Crippen LogP contribution in [0.2, 0.25) is 0 Å². The summed E-state index contributed by atoms with van der Waals surface area (Å²) < 4.78 is 19.8. The van der Waals surface area contributed by atoms with Crippen molar-refractivity contribution in [3.63, 3.8) is 0 Å². The third-order valence-corrected chi connectivity index (χ3v) is 7.19. The lowest BCUT2D eigenvalue weighted by Crippen LogP contribution is -2.10. The second-order valence-corrected chi connectivity index (χ2v) is 8.98. The molecule has 3 aromatic rings. The van der Waals surface area contributed by atoms with E-state index in [9.17, 15) is 9.18 Å². The van der Waals surface area contributed by atoms with Crippen LogP contribution in [0.25, 0.3) is 27.7 Å². The molecule has 0 saturated carbocycles. The Balaban J connectivity index is 1.96. The van der Waals surface area contributed by atoms with Gasteiger partial charge in [-0.3, -0.25) is 0 Å². The standard InChI is InChI=1S/C23H20FNO2S2/c1-2-27-22(26)21(23-28-12-5-13-29-23)18-14-20(15-8-10-16(24)11-9-15)25-19-7-4-3-6-17(18)19/h3-4,6-11,14H,2,5,12-13H2,1H3. The first-order valence-corrected chi connectivity index (χ1v) is 11.5. The van der Waals surface area contributed by atoms with Gasteiger partial charge in [-0.15, -0.1) is 23.5 Å². The summed E-state index contributed by atoms with van der Waals surface area (Å²) in [7, 11) is 0. The molecule has 3 nitrogen and oxygen atoms in total. The van der Waals surface area contributed by atoms with Gasteiger partial charge in [-0.2, -0.15) is 0 Å². The van der Waals surface area contributed by atoms with E-state index in [4.69, 9.17) is 9.72 Å². The van der Waals surface area contributed by atoms with Gasteiger partial charge in [0.25, 0.3) is 0 Å². The van der Waals surface area contributed by atoms with Crippen LogP contribution >= 0.6 is 23.5 Å². The first kappa shape index (κ1) is 20.0. The highest BCUT2D eigenvalue weighted by Gasteiger charge is 2.24. The first-order chi connectivity index (χ1) is 14.2. The smallest absolute Gasteiger partial charge is 0.340 e. The minimum atomic E-state index is -0.314. The lowest BCUT2D eigenvalue weighted by molar-refractivity contribution is -0.136. The summed E-state index contributed by atoms with van der Waals surface area (Å²) in [5.74, 6) is 1.36. The predicted octanol–water partition coefficient (Wildman–Crippen LogP) is 6.14. The lowest BCUT2D eigenvalue weighted by Gasteiger charge is -2.19. The zero-order chi connectivity index (χ0) is 20.2. The molecule has 0 bridgehead atoms. The SMILES string of the molecule is CCOC(=O)C(=C1SCCCS1)c1cc(-c2ccc(F)cc2)nc2ccccc12. The number of thioether (sulfide) groups is 2. The van der Waals surface area contributed by atoms with Crippen LogP contribution < -0.4 is 0 Å². The fraction of sp³-hybridized carbons (Fsp3) is 0.217. The van der Waals surface area contributed by atoms with E-state index in [2.05, 4.69) is 0 Å².